The molecule has 0 spiro atoms. The maximum absolute atomic E-state index is 13.8. The van der Waals surface area contributed by atoms with Crippen LogP contribution in [0.25, 0.3) is 5.70 Å². The van der Waals surface area contributed by atoms with E-state index in [-0.39, 0.29) is 47.0 Å². The molecule has 1 fully saturated rings. The van der Waals surface area contributed by atoms with Crippen LogP contribution in [0.15, 0.2) is 45.2 Å². The van der Waals surface area contributed by atoms with Gasteiger partial charge in [-0.15, -0.1) is 0 Å². The fourth-order valence-corrected chi connectivity index (χ4v) is 6.74. The van der Waals surface area contributed by atoms with Crippen molar-refractivity contribution in [3.05, 3.63) is 76.7 Å². The summed E-state index contributed by atoms with van der Waals surface area (Å²) in [4.78, 5) is 102. The van der Waals surface area contributed by atoms with Crippen molar-refractivity contribution in [3.8, 4) is 0 Å². The van der Waals surface area contributed by atoms with Gasteiger partial charge in [0.05, 0.1) is 44.3 Å². The number of rotatable bonds is 19. The van der Waals surface area contributed by atoms with Gasteiger partial charge in [-0.1, -0.05) is 36.4 Å². The zero-order valence-electron chi connectivity index (χ0n) is 37.8. The molecule has 1 aliphatic heterocycles. The Morgan fingerprint density at radius 3 is 2.02 bits per heavy atom. The van der Waals surface area contributed by atoms with Gasteiger partial charge in [-0.05, 0) is 61.0 Å². The van der Waals surface area contributed by atoms with Crippen molar-refractivity contribution in [2.75, 3.05) is 26.9 Å². The summed E-state index contributed by atoms with van der Waals surface area (Å²) in [6.07, 6.45) is -0.158. The molecular formula is C42H56N8O16. The number of ether oxygens (including phenoxy) is 3. The zero-order valence-corrected chi connectivity index (χ0v) is 37.8. The molecule has 0 bridgehead atoms. The minimum atomic E-state index is -2.02. The lowest BCUT2D eigenvalue weighted by Crippen LogP contribution is -2.62. The molecule has 9 N–H and O–H groups in total. The van der Waals surface area contributed by atoms with E-state index in [1.54, 1.807) is 52.0 Å². The van der Waals surface area contributed by atoms with E-state index in [4.69, 9.17) is 18.3 Å². The second-order valence-corrected chi connectivity index (χ2v) is 16.0. The van der Waals surface area contributed by atoms with Gasteiger partial charge in [-0.25, -0.2) is 19.6 Å². The molecule has 3 aromatic rings. The van der Waals surface area contributed by atoms with Gasteiger partial charge < -0.3 is 70.1 Å². The molecule has 66 heavy (non-hydrogen) atoms. The number of aliphatic hydroxyl groups is 4. The number of oxazole rings is 2. The summed E-state index contributed by atoms with van der Waals surface area (Å²) in [6, 6.07) is 1.33. The quantitative estimate of drug-likeness (QED) is 0.0676. The number of amides is 6. The number of aliphatic hydroxyl groups excluding tert-OH is 3. The van der Waals surface area contributed by atoms with E-state index >= 15 is 0 Å². The molecule has 3 heterocycles. The molecular weight excluding hydrogens is 873 g/mol. The van der Waals surface area contributed by atoms with Gasteiger partial charge in [0.15, 0.2) is 17.4 Å². The third-order valence-electron chi connectivity index (χ3n) is 10.1. The topological polar surface area (TPSA) is 344 Å². The van der Waals surface area contributed by atoms with Crippen LogP contribution in [0.3, 0.4) is 0 Å². The lowest BCUT2D eigenvalue weighted by Gasteiger charge is -2.32. The number of methoxy groups -OCH3 is 1. The Bertz CT molecular complexity index is 2280. The lowest BCUT2D eigenvalue weighted by molar-refractivity contribution is -0.143. The molecule has 1 saturated heterocycles. The lowest BCUT2D eigenvalue weighted by atomic mass is 9.97. The predicted molar refractivity (Wildman–Crippen MR) is 226 cm³/mol. The summed E-state index contributed by atoms with van der Waals surface area (Å²) in [5, 5.41) is 52.5. The Kier molecular flexibility index (Phi) is 17.3. The number of hydrogen-bond donors (Lipinski definition) is 9. The predicted octanol–water partition coefficient (Wildman–Crippen LogP) is -0.621. The summed E-state index contributed by atoms with van der Waals surface area (Å²) in [6.45, 7) is 8.71. The van der Waals surface area contributed by atoms with Crippen LogP contribution in [0.4, 0.5) is 4.79 Å². The van der Waals surface area contributed by atoms with Crippen molar-refractivity contribution in [1.82, 2.24) is 41.5 Å². The van der Waals surface area contributed by atoms with Crippen LogP contribution in [-0.2, 0) is 40.0 Å². The van der Waals surface area contributed by atoms with E-state index in [1.165, 1.54) is 38.7 Å². The largest absolute Gasteiger partial charge is 0.467 e. The van der Waals surface area contributed by atoms with E-state index in [0.717, 1.165) is 12.7 Å². The third-order valence-corrected chi connectivity index (χ3v) is 10.1. The molecule has 24 heteroatoms. The monoisotopic (exact) mass is 928 g/mol. The number of esters is 1. The number of hydrogen-bond acceptors (Lipinski definition) is 18. The van der Waals surface area contributed by atoms with Crippen LogP contribution in [0.5, 0.6) is 0 Å². The van der Waals surface area contributed by atoms with Crippen molar-refractivity contribution >= 4 is 47.3 Å². The Hall–Kier alpha value is -6.73. The number of aryl methyl sites for hydroxylation is 2. The molecule has 1 aliphatic rings. The third kappa shape index (κ3) is 12.3. The molecule has 4 rings (SSSR count). The van der Waals surface area contributed by atoms with Gasteiger partial charge >= 0.3 is 12.1 Å². The SMILES string of the molecule is C/C=C(\NC(=O)[C@@H]1[C@@H](C)OC(C)(C)N1C(=O)OCc1ccccc1)c1nc(C(=O)N[C@@H](CO)C(=O)N[C@H](C(=O)NC(CO)c2nc(C(=O)N[C@@H](CO)C(=O)OC)c(C)o2)C(C)(C)O)c(C)o1. The van der Waals surface area contributed by atoms with Crippen LogP contribution in [0.2, 0.25) is 0 Å². The number of carbonyl (C=O) groups is 7. The molecule has 0 saturated carbocycles. The Morgan fingerprint density at radius 1 is 0.864 bits per heavy atom. The van der Waals surface area contributed by atoms with Gasteiger partial charge in [0.2, 0.25) is 29.5 Å². The summed E-state index contributed by atoms with van der Waals surface area (Å²) >= 11 is 0. The highest BCUT2D eigenvalue weighted by atomic mass is 16.6. The molecule has 0 radical (unpaired) electrons. The van der Waals surface area contributed by atoms with E-state index < -0.39 is 109 Å². The minimum Gasteiger partial charge on any atom is -0.467 e. The number of aromatic nitrogens is 2. The van der Waals surface area contributed by atoms with E-state index in [0.29, 0.717) is 0 Å². The second-order valence-electron chi connectivity index (χ2n) is 16.0. The fraction of sp³-hybridized carbons (Fsp3) is 0.500. The van der Waals surface area contributed by atoms with E-state index in [1.807, 2.05) is 6.07 Å². The van der Waals surface area contributed by atoms with Crippen LogP contribution in [-0.4, -0.2) is 145 Å². The first-order chi connectivity index (χ1) is 31.0. The van der Waals surface area contributed by atoms with Crippen molar-refractivity contribution in [2.24, 2.45) is 0 Å². The fourth-order valence-electron chi connectivity index (χ4n) is 6.74. The highest BCUT2D eigenvalue weighted by molar-refractivity contribution is 5.99. The first-order valence-corrected chi connectivity index (χ1v) is 20.5. The first kappa shape index (κ1) is 51.9. The summed E-state index contributed by atoms with van der Waals surface area (Å²) in [5.41, 5.74) is -3.25. The molecule has 1 aromatic carbocycles. The Labute approximate surface area is 378 Å². The van der Waals surface area contributed by atoms with Crippen molar-refractivity contribution in [2.45, 2.75) is 110 Å². The number of allylic oxidation sites excluding steroid dienone is 1. The summed E-state index contributed by atoms with van der Waals surface area (Å²) in [7, 11) is 1.05. The van der Waals surface area contributed by atoms with Crippen molar-refractivity contribution in [1.29, 1.82) is 0 Å². The second kappa shape index (κ2) is 22.0. The molecule has 2 aromatic heterocycles. The van der Waals surface area contributed by atoms with Gasteiger partial charge in [-0.2, -0.15) is 0 Å². The number of nitrogens with zero attached hydrogens (tertiary/aromatic N) is 3. The average molecular weight is 929 g/mol. The molecule has 6 amide bonds. The number of carbonyl (C=O) groups excluding carboxylic acids is 7. The maximum Gasteiger partial charge on any atom is 0.413 e. The van der Waals surface area contributed by atoms with Gasteiger partial charge in [-0.3, -0.25) is 28.9 Å². The smallest absolute Gasteiger partial charge is 0.413 e. The Morgan fingerprint density at radius 2 is 1.45 bits per heavy atom. The Balaban J connectivity index is 1.44. The van der Waals surface area contributed by atoms with E-state index in [9.17, 15) is 54.0 Å². The van der Waals surface area contributed by atoms with Crippen LogP contribution >= 0.6 is 0 Å². The standard InChI is InChI=1S/C42H56N8O16/c1-10-24(43-35(57)30-22(4)66-42(7,8)50(30)40(60)63-19-23-14-12-11-13-15-23)37-47-28(20(2)64-37)33(55)44-25(16-51)32(54)49-31(41(5,6)61)36(58)45-26(17-52)38-48-29(21(3)65-38)34(56)46-27(18-53)39(59)62-9/h10-15,22,25-27,30-31,51-53,61H,16-19H2,1-9H3,(H,43,57)(H,44,55)(H,45,58)(H,46,56)(H,49,54)/b24-10-/t22-,25+,26?,27+,30+,31-/m1/s1. The van der Waals surface area contributed by atoms with Crippen molar-refractivity contribution in [3.63, 3.8) is 0 Å². The molecule has 24 nitrogen and oxygen atoms in total. The molecule has 1 unspecified atom stereocenters. The first-order valence-electron chi connectivity index (χ1n) is 20.5. The zero-order chi connectivity index (χ0) is 49.3. The summed E-state index contributed by atoms with van der Waals surface area (Å²) in [5.74, 6) is -6.64. The van der Waals surface area contributed by atoms with Crippen molar-refractivity contribution < 1.29 is 77.0 Å². The summed E-state index contributed by atoms with van der Waals surface area (Å²) < 4.78 is 27.2. The molecule has 360 valence electrons. The number of benzene rings is 1. The average Bonchev–Trinajstić information content (AvgIpc) is 3.93. The van der Waals surface area contributed by atoms with Gasteiger partial charge in [0.1, 0.15) is 48.0 Å². The highest BCUT2D eigenvalue weighted by Crippen LogP contribution is 2.33. The van der Waals surface area contributed by atoms with Gasteiger partial charge in [0.25, 0.3) is 11.8 Å². The highest BCUT2D eigenvalue weighted by Gasteiger charge is 2.52. The molecule has 6 atom stereocenters. The van der Waals surface area contributed by atoms with E-state index in [2.05, 4.69) is 41.3 Å². The normalized spacial score (nSPS) is 17.7. The van der Waals surface area contributed by atoms with Crippen LogP contribution in [0, 0.1) is 13.8 Å². The van der Waals surface area contributed by atoms with Gasteiger partial charge in [0, 0.05) is 0 Å². The maximum atomic E-state index is 13.8. The number of nitrogens with one attached hydrogen (secondary N) is 5. The minimum absolute atomic E-state index is 0.00150. The van der Waals surface area contributed by atoms with Crippen LogP contribution < -0.4 is 26.6 Å². The van der Waals surface area contributed by atoms with Crippen LogP contribution in [0.1, 0.15) is 97.4 Å². The molecule has 0 aliphatic carbocycles.